The molecule has 0 amide bonds. The minimum atomic E-state index is -0.120. The molecule has 124 valence electrons. The number of fused-ring (bicyclic) bond motifs is 1. The molecule has 0 saturated carbocycles. The molecule has 0 unspecified atom stereocenters. The summed E-state index contributed by atoms with van der Waals surface area (Å²) in [5, 5.41) is 10.6. The Balaban J connectivity index is 2.08. The largest absolute Gasteiger partial charge is 0.494 e. The van der Waals surface area contributed by atoms with Gasteiger partial charge in [-0.15, -0.1) is 0 Å². The van der Waals surface area contributed by atoms with Crippen molar-refractivity contribution in [1.29, 1.82) is 0 Å². The fourth-order valence-electron chi connectivity index (χ4n) is 2.96. The molecule has 0 atom stereocenters. The molecule has 4 heteroatoms. The van der Waals surface area contributed by atoms with Gasteiger partial charge in [0.1, 0.15) is 5.75 Å². The van der Waals surface area contributed by atoms with Gasteiger partial charge < -0.3 is 9.84 Å². The Morgan fingerprint density at radius 3 is 2.71 bits per heavy atom. The Kier molecular flexibility index (Phi) is 4.67. The summed E-state index contributed by atoms with van der Waals surface area (Å²) in [6.45, 7) is 4.44. The molecule has 0 spiro atoms. The van der Waals surface area contributed by atoms with Crippen LogP contribution in [-0.2, 0) is 6.61 Å². The van der Waals surface area contributed by atoms with E-state index in [9.17, 15) is 9.90 Å². The van der Waals surface area contributed by atoms with Crippen LogP contribution < -0.4 is 4.74 Å². The van der Waals surface area contributed by atoms with E-state index >= 15 is 0 Å². The number of carbonyl (C=O) groups is 1. The molecular weight excluding hydrogens is 302 g/mol. The first-order valence-corrected chi connectivity index (χ1v) is 8.14. The van der Waals surface area contributed by atoms with Crippen LogP contribution in [0.1, 0.15) is 35.0 Å². The summed E-state index contributed by atoms with van der Waals surface area (Å²) < 4.78 is 7.29. The van der Waals surface area contributed by atoms with E-state index in [0.29, 0.717) is 17.9 Å². The Hall–Kier alpha value is -2.59. The number of rotatable bonds is 5. The van der Waals surface area contributed by atoms with Crippen molar-refractivity contribution in [3.63, 3.8) is 0 Å². The van der Waals surface area contributed by atoms with E-state index in [4.69, 9.17) is 4.74 Å². The van der Waals surface area contributed by atoms with Crippen molar-refractivity contribution in [2.24, 2.45) is 0 Å². The Bertz CT molecular complexity index is 880. The van der Waals surface area contributed by atoms with E-state index < -0.39 is 0 Å². The highest BCUT2D eigenvalue weighted by Crippen LogP contribution is 2.27. The van der Waals surface area contributed by atoms with Crippen molar-refractivity contribution in [1.82, 2.24) is 4.57 Å². The lowest BCUT2D eigenvalue weighted by atomic mass is 10.1. The van der Waals surface area contributed by atoms with Crippen LogP contribution >= 0.6 is 0 Å². The van der Waals surface area contributed by atoms with Gasteiger partial charge >= 0.3 is 0 Å². The highest BCUT2D eigenvalue weighted by Gasteiger charge is 2.19. The zero-order chi connectivity index (χ0) is 17.1. The summed E-state index contributed by atoms with van der Waals surface area (Å²) in [7, 11) is 0. The van der Waals surface area contributed by atoms with Crippen LogP contribution in [0.5, 0.6) is 5.75 Å². The van der Waals surface area contributed by atoms with Crippen molar-refractivity contribution in [2.75, 3.05) is 6.61 Å². The van der Waals surface area contributed by atoms with Gasteiger partial charge in [0.25, 0.3) is 5.91 Å². The van der Waals surface area contributed by atoms with Gasteiger partial charge in [0.15, 0.2) is 0 Å². The third-order valence-electron chi connectivity index (χ3n) is 4.16. The number of aromatic nitrogens is 1. The predicted octanol–water partition coefficient (Wildman–Crippen LogP) is 3.92. The minimum Gasteiger partial charge on any atom is -0.494 e. The molecule has 2 aromatic carbocycles. The highest BCUT2D eigenvalue weighted by molar-refractivity contribution is 6.04. The maximum Gasteiger partial charge on any atom is 0.262 e. The Morgan fingerprint density at radius 1 is 1.17 bits per heavy atom. The van der Waals surface area contributed by atoms with Gasteiger partial charge in [0, 0.05) is 22.2 Å². The number of hydrogen-bond donors (Lipinski definition) is 1. The first-order chi connectivity index (χ1) is 11.7. The zero-order valence-corrected chi connectivity index (χ0v) is 14.0. The van der Waals surface area contributed by atoms with Gasteiger partial charge in [0.05, 0.1) is 18.7 Å². The molecule has 0 radical (unpaired) electrons. The fraction of sp³-hybridized carbons (Fsp3) is 0.250. The number of nitrogens with zero attached hydrogens (tertiary/aromatic N) is 1. The van der Waals surface area contributed by atoms with E-state index in [1.165, 1.54) is 0 Å². The second-order valence-corrected chi connectivity index (χ2v) is 5.76. The van der Waals surface area contributed by atoms with Crippen LogP contribution in [0, 0.1) is 6.92 Å². The van der Waals surface area contributed by atoms with Crippen molar-refractivity contribution >= 4 is 16.8 Å². The number of hydrogen-bond acceptors (Lipinski definition) is 3. The summed E-state index contributed by atoms with van der Waals surface area (Å²) in [6.07, 6.45) is 0.916. The van der Waals surface area contributed by atoms with E-state index in [1.54, 1.807) is 16.7 Å². The quantitative estimate of drug-likeness (QED) is 0.774. The number of benzene rings is 2. The van der Waals surface area contributed by atoms with E-state index in [1.807, 2.05) is 50.2 Å². The number of aliphatic hydroxyl groups excluding tert-OH is 1. The van der Waals surface area contributed by atoms with Crippen molar-refractivity contribution < 1.29 is 14.6 Å². The average molecular weight is 323 g/mol. The Labute approximate surface area is 141 Å². The van der Waals surface area contributed by atoms with Crippen molar-refractivity contribution in [2.45, 2.75) is 26.9 Å². The second kappa shape index (κ2) is 6.89. The summed E-state index contributed by atoms with van der Waals surface area (Å²) in [5.41, 5.74) is 2.93. The third kappa shape index (κ3) is 2.81. The second-order valence-electron chi connectivity index (χ2n) is 5.76. The van der Waals surface area contributed by atoms with Gasteiger partial charge in [-0.1, -0.05) is 31.2 Å². The average Bonchev–Trinajstić information content (AvgIpc) is 2.90. The number of para-hydroxylation sites is 1. The molecule has 1 heterocycles. The van der Waals surface area contributed by atoms with Crippen molar-refractivity contribution in [3.05, 3.63) is 65.4 Å². The van der Waals surface area contributed by atoms with Crippen LogP contribution in [0.4, 0.5) is 0 Å². The van der Waals surface area contributed by atoms with Gasteiger partial charge in [-0.2, -0.15) is 0 Å². The molecule has 0 bridgehead atoms. The van der Waals surface area contributed by atoms with Crippen molar-refractivity contribution in [3.8, 4) is 5.75 Å². The molecule has 0 aliphatic carbocycles. The van der Waals surface area contributed by atoms with Gasteiger partial charge in [-0.05, 0) is 37.6 Å². The Morgan fingerprint density at radius 2 is 1.96 bits per heavy atom. The molecular formula is C20H21NO3. The third-order valence-corrected chi connectivity index (χ3v) is 4.16. The summed E-state index contributed by atoms with van der Waals surface area (Å²) in [4.78, 5) is 13.1. The smallest absolute Gasteiger partial charge is 0.262 e. The summed E-state index contributed by atoms with van der Waals surface area (Å²) in [5.74, 6) is 0.574. The molecule has 0 aliphatic heterocycles. The lowest BCUT2D eigenvalue weighted by Gasteiger charge is -2.09. The number of carbonyl (C=O) groups excluding carboxylic acids is 1. The molecule has 3 rings (SSSR count). The standard InChI is InChI=1S/C20H21NO3/c1-3-11-24-16-8-6-7-15(12-16)20(23)21-14(2)18(13-22)17-9-4-5-10-19(17)21/h4-10,12,22H,3,11,13H2,1-2H3. The van der Waals surface area contributed by atoms with E-state index in [0.717, 1.165) is 28.6 Å². The van der Waals surface area contributed by atoms with Crippen LogP contribution in [0.25, 0.3) is 10.9 Å². The summed E-state index contributed by atoms with van der Waals surface area (Å²) in [6, 6.07) is 14.9. The van der Waals surface area contributed by atoms with Gasteiger partial charge in [0.2, 0.25) is 0 Å². The number of ether oxygens (including phenoxy) is 1. The normalized spacial score (nSPS) is 11.0. The first-order valence-electron chi connectivity index (χ1n) is 8.14. The lowest BCUT2D eigenvalue weighted by molar-refractivity contribution is 0.0962. The van der Waals surface area contributed by atoms with Crippen LogP contribution in [-0.4, -0.2) is 22.2 Å². The number of aliphatic hydroxyl groups is 1. The fourth-order valence-corrected chi connectivity index (χ4v) is 2.96. The maximum absolute atomic E-state index is 13.1. The molecule has 0 aliphatic rings. The van der Waals surface area contributed by atoms with Crippen LogP contribution in [0.15, 0.2) is 48.5 Å². The monoisotopic (exact) mass is 323 g/mol. The topological polar surface area (TPSA) is 51.5 Å². The molecule has 3 aromatic rings. The molecule has 1 aromatic heterocycles. The van der Waals surface area contributed by atoms with Crippen LogP contribution in [0.3, 0.4) is 0 Å². The molecule has 24 heavy (non-hydrogen) atoms. The molecule has 0 saturated heterocycles. The molecule has 1 N–H and O–H groups in total. The molecule has 0 fully saturated rings. The maximum atomic E-state index is 13.1. The van der Waals surface area contributed by atoms with E-state index in [-0.39, 0.29) is 12.5 Å². The first kappa shape index (κ1) is 16.3. The minimum absolute atomic E-state index is 0.0910. The van der Waals surface area contributed by atoms with Gasteiger partial charge in [-0.25, -0.2) is 0 Å². The van der Waals surface area contributed by atoms with E-state index in [2.05, 4.69) is 0 Å². The lowest BCUT2D eigenvalue weighted by Crippen LogP contribution is -2.14. The molecule has 4 nitrogen and oxygen atoms in total. The highest BCUT2D eigenvalue weighted by atomic mass is 16.5. The van der Waals surface area contributed by atoms with Gasteiger partial charge in [-0.3, -0.25) is 9.36 Å². The summed E-state index contributed by atoms with van der Waals surface area (Å²) >= 11 is 0. The van der Waals surface area contributed by atoms with Crippen LogP contribution in [0.2, 0.25) is 0 Å². The zero-order valence-electron chi connectivity index (χ0n) is 14.0. The SMILES string of the molecule is CCCOc1cccc(C(=O)n2c(C)c(CO)c3ccccc32)c1. The predicted molar refractivity (Wildman–Crippen MR) is 94.6 cm³/mol.